The van der Waals surface area contributed by atoms with E-state index in [1.165, 1.54) is 25.1 Å². The molecular weight excluding hydrogens is 282 g/mol. The first-order chi connectivity index (χ1) is 9.33. The van der Waals surface area contributed by atoms with Crippen molar-refractivity contribution in [2.24, 2.45) is 11.7 Å². The molecule has 1 aliphatic rings. The average molecular weight is 299 g/mol. The third-order valence-corrected chi connectivity index (χ3v) is 5.01. The molecule has 7 nitrogen and oxygen atoms in total. The maximum atomic E-state index is 12.3. The number of rotatable bonds is 6. The molecule has 1 unspecified atom stereocenters. The minimum atomic E-state index is -3.94. The van der Waals surface area contributed by atoms with Crippen LogP contribution in [-0.4, -0.2) is 25.9 Å². The van der Waals surface area contributed by atoms with Crippen LogP contribution in [0.25, 0.3) is 0 Å². The number of sulfonamides is 1. The van der Waals surface area contributed by atoms with Crippen LogP contribution in [0.15, 0.2) is 23.1 Å². The quantitative estimate of drug-likeness (QED) is 0.598. The Balaban J connectivity index is 2.26. The molecular formula is C12H17N3O4S. The number of nitro benzene ring substituents is 1. The van der Waals surface area contributed by atoms with Crippen LogP contribution in [-0.2, 0) is 10.0 Å². The van der Waals surface area contributed by atoms with E-state index in [0.717, 1.165) is 12.8 Å². The molecule has 20 heavy (non-hydrogen) atoms. The van der Waals surface area contributed by atoms with E-state index >= 15 is 0 Å². The molecule has 3 N–H and O–H groups in total. The Bertz CT molecular complexity index is 626. The van der Waals surface area contributed by atoms with Crippen LogP contribution in [0.1, 0.15) is 18.4 Å². The summed E-state index contributed by atoms with van der Waals surface area (Å²) in [6, 6.07) is 3.93. The van der Waals surface area contributed by atoms with Gasteiger partial charge in [-0.25, -0.2) is 13.1 Å². The second-order valence-electron chi connectivity index (χ2n) is 5.03. The summed E-state index contributed by atoms with van der Waals surface area (Å²) in [6.07, 6.45) is 2.01. The van der Waals surface area contributed by atoms with E-state index in [4.69, 9.17) is 5.73 Å². The smallest absolute Gasteiger partial charge is 0.289 e. The Morgan fingerprint density at radius 2 is 2.15 bits per heavy atom. The highest BCUT2D eigenvalue weighted by molar-refractivity contribution is 7.89. The van der Waals surface area contributed by atoms with Gasteiger partial charge in [0.1, 0.15) is 0 Å². The fourth-order valence-electron chi connectivity index (χ4n) is 2.10. The van der Waals surface area contributed by atoms with Crippen molar-refractivity contribution in [3.8, 4) is 0 Å². The molecule has 1 saturated carbocycles. The molecule has 2 rings (SSSR count). The van der Waals surface area contributed by atoms with Gasteiger partial charge in [-0.1, -0.05) is 12.1 Å². The van der Waals surface area contributed by atoms with E-state index in [0.29, 0.717) is 11.5 Å². The van der Waals surface area contributed by atoms with Gasteiger partial charge in [-0.3, -0.25) is 10.1 Å². The summed E-state index contributed by atoms with van der Waals surface area (Å²) in [5.41, 5.74) is 5.76. The van der Waals surface area contributed by atoms with E-state index in [-0.39, 0.29) is 17.5 Å². The Morgan fingerprint density at radius 3 is 2.70 bits per heavy atom. The maximum Gasteiger partial charge on any atom is 0.289 e. The summed E-state index contributed by atoms with van der Waals surface area (Å²) in [5.74, 6) is 0.351. The van der Waals surface area contributed by atoms with E-state index < -0.39 is 20.6 Å². The molecule has 110 valence electrons. The van der Waals surface area contributed by atoms with Crippen LogP contribution < -0.4 is 10.5 Å². The number of nitro groups is 1. The van der Waals surface area contributed by atoms with E-state index in [1.54, 1.807) is 0 Å². The number of nitrogens with one attached hydrogen (secondary N) is 1. The zero-order valence-electron chi connectivity index (χ0n) is 11.1. The monoisotopic (exact) mass is 299 g/mol. The molecule has 0 saturated heterocycles. The summed E-state index contributed by atoms with van der Waals surface area (Å²) in [5, 5.41) is 11.0. The molecule has 0 aromatic heterocycles. The van der Waals surface area contributed by atoms with Crippen molar-refractivity contribution in [2.75, 3.05) is 6.54 Å². The fraction of sp³-hybridized carbons (Fsp3) is 0.500. The van der Waals surface area contributed by atoms with Crippen molar-refractivity contribution >= 4 is 15.7 Å². The Hall–Kier alpha value is -1.51. The number of nitrogens with two attached hydrogens (primary N) is 1. The second kappa shape index (κ2) is 5.47. The van der Waals surface area contributed by atoms with Gasteiger partial charge in [0.25, 0.3) is 5.69 Å². The minimum Gasteiger partial charge on any atom is -0.326 e. The zero-order valence-corrected chi connectivity index (χ0v) is 11.9. The van der Waals surface area contributed by atoms with Crippen molar-refractivity contribution in [3.63, 3.8) is 0 Å². The van der Waals surface area contributed by atoms with Crippen molar-refractivity contribution in [2.45, 2.75) is 30.7 Å². The molecule has 1 aliphatic carbocycles. The first-order valence-electron chi connectivity index (χ1n) is 6.32. The molecule has 0 aliphatic heterocycles. The van der Waals surface area contributed by atoms with Gasteiger partial charge >= 0.3 is 0 Å². The molecule has 0 bridgehead atoms. The van der Waals surface area contributed by atoms with Crippen molar-refractivity contribution in [3.05, 3.63) is 33.9 Å². The minimum absolute atomic E-state index is 0.0957. The van der Waals surface area contributed by atoms with E-state index in [1.807, 2.05) is 0 Å². The van der Waals surface area contributed by atoms with Crippen molar-refractivity contribution in [1.82, 2.24) is 4.72 Å². The van der Waals surface area contributed by atoms with Crippen LogP contribution in [0.2, 0.25) is 0 Å². The molecule has 1 aromatic rings. The predicted octanol–water partition coefficient (Wildman–Crippen LogP) is 0.919. The number of aryl methyl sites for hydroxylation is 1. The van der Waals surface area contributed by atoms with Gasteiger partial charge in [-0.2, -0.15) is 0 Å². The first-order valence-corrected chi connectivity index (χ1v) is 7.80. The van der Waals surface area contributed by atoms with Crippen LogP contribution in [0.4, 0.5) is 5.69 Å². The van der Waals surface area contributed by atoms with Gasteiger partial charge in [0, 0.05) is 18.7 Å². The lowest BCUT2D eigenvalue weighted by atomic mass is 10.2. The normalized spacial score (nSPS) is 16.9. The van der Waals surface area contributed by atoms with Crippen LogP contribution in [0.5, 0.6) is 0 Å². The summed E-state index contributed by atoms with van der Waals surface area (Å²) in [7, 11) is -3.94. The zero-order chi connectivity index (χ0) is 14.9. The van der Waals surface area contributed by atoms with Crippen molar-refractivity contribution < 1.29 is 13.3 Å². The van der Waals surface area contributed by atoms with Gasteiger partial charge in [-0.15, -0.1) is 0 Å². The number of benzene rings is 1. The van der Waals surface area contributed by atoms with Crippen LogP contribution in [0, 0.1) is 23.0 Å². The summed E-state index contributed by atoms with van der Waals surface area (Å²) < 4.78 is 26.9. The average Bonchev–Trinajstić information content (AvgIpc) is 3.19. The molecule has 0 spiro atoms. The predicted molar refractivity (Wildman–Crippen MR) is 73.7 cm³/mol. The highest BCUT2D eigenvalue weighted by Gasteiger charge is 2.32. The van der Waals surface area contributed by atoms with E-state index in [9.17, 15) is 18.5 Å². The molecule has 0 amide bonds. The Labute approximate surface area is 117 Å². The topological polar surface area (TPSA) is 115 Å². The van der Waals surface area contributed by atoms with Gasteiger partial charge in [0.2, 0.25) is 10.0 Å². The van der Waals surface area contributed by atoms with Gasteiger partial charge < -0.3 is 5.73 Å². The lowest BCUT2D eigenvalue weighted by Gasteiger charge is -2.13. The lowest BCUT2D eigenvalue weighted by Crippen LogP contribution is -2.38. The second-order valence-corrected chi connectivity index (χ2v) is 6.74. The largest absolute Gasteiger partial charge is 0.326 e. The van der Waals surface area contributed by atoms with E-state index in [2.05, 4.69) is 4.72 Å². The Morgan fingerprint density at radius 1 is 1.50 bits per heavy atom. The summed E-state index contributed by atoms with van der Waals surface area (Å²) in [6.45, 7) is 1.63. The standard InChI is InChI=1S/C12H17N3O4S/c1-8-3-2-4-11(15(16)17)12(8)20(18,19)14-7-10(13)9-5-6-9/h2-4,9-10,14H,5-7,13H2,1H3. The number of hydrogen-bond donors (Lipinski definition) is 2. The summed E-state index contributed by atoms with van der Waals surface area (Å²) in [4.78, 5) is 9.99. The molecule has 1 atom stereocenters. The Kier molecular flexibility index (Phi) is 4.07. The molecule has 0 heterocycles. The lowest BCUT2D eigenvalue weighted by molar-refractivity contribution is -0.387. The third-order valence-electron chi connectivity index (χ3n) is 3.39. The molecule has 8 heteroatoms. The summed E-state index contributed by atoms with van der Waals surface area (Å²) >= 11 is 0. The highest BCUT2D eigenvalue weighted by atomic mass is 32.2. The molecule has 1 aromatic carbocycles. The maximum absolute atomic E-state index is 12.3. The van der Waals surface area contributed by atoms with Crippen LogP contribution in [0.3, 0.4) is 0 Å². The first kappa shape index (κ1) is 14.9. The third kappa shape index (κ3) is 3.14. The van der Waals surface area contributed by atoms with Gasteiger partial charge in [-0.05, 0) is 31.2 Å². The van der Waals surface area contributed by atoms with Crippen molar-refractivity contribution in [1.29, 1.82) is 0 Å². The number of nitrogens with zero attached hydrogens (tertiary/aromatic N) is 1. The molecule has 1 fully saturated rings. The number of hydrogen-bond acceptors (Lipinski definition) is 5. The van der Waals surface area contributed by atoms with Crippen LogP contribution >= 0.6 is 0 Å². The van der Waals surface area contributed by atoms with Gasteiger partial charge in [0.05, 0.1) is 4.92 Å². The fourth-order valence-corrected chi connectivity index (χ4v) is 3.57. The SMILES string of the molecule is Cc1cccc([N+](=O)[O-])c1S(=O)(=O)NCC(N)C1CC1. The van der Waals surface area contributed by atoms with Gasteiger partial charge in [0.15, 0.2) is 4.90 Å². The highest BCUT2D eigenvalue weighted by Crippen LogP contribution is 2.32. The molecule has 0 radical (unpaired) electrons.